The van der Waals surface area contributed by atoms with Gasteiger partial charge in [-0.15, -0.1) is 37.2 Å². The number of halogens is 3. The number of fused-ring (bicyclic) bond motifs is 2. The molecule has 2 heterocycles. The van der Waals surface area contributed by atoms with Crippen molar-refractivity contribution in [2.24, 2.45) is 0 Å². The van der Waals surface area contributed by atoms with Crippen molar-refractivity contribution in [2.45, 2.75) is 33.1 Å². The number of aryl methyl sites for hydroxylation is 2. The number of nitrogens with zero attached hydrogens (tertiary/aromatic N) is 2. The normalized spacial score (nSPS) is 10.3. The summed E-state index contributed by atoms with van der Waals surface area (Å²) in [5, 5.41) is 12.9. The van der Waals surface area contributed by atoms with E-state index in [1.54, 1.807) is 0 Å². The first kappa shape index (κ1) is 32.3. The van der Waals surface area contributed by atoms with Crippen LogP contribution < -0.4 is 27.4 Å². The maximum Gasteiger partial charge on any atom is 0.0746 e. The fourth-order valence-electron chi connectivity index (χ4n) is 4.21. The third-order valence-electron chi connectivity index (χ3n) is 5.87. The highest BCUT2D eigenvalue weighted by molar-refractivity contribution is 5.94. The molecule has 4 rings (SSSR count). The van der Waals surface area contributed by atoms with Gasteiger partial charge in [0.15, 0.2) is 0 Å². The number of hydrogen-bond acceptors (Lipinski definition) is 7. The molecule has 7 nitrogen and oxygen atoms in total. The first-order chi connectivity index (χ1) is 16.5. The molecule has 10 heteroatoms. The number of nitrogens with two attached hydrogens (primary N) is 2. The molecular formula is C27H38Cl3N7. The van der Waals surface area contributed by atoms with E-state index in [1.807, 2.05) is 50.2 Å². The van der Waals surface area contributed by atoms with Crippen LogP contribution in [0.3, 0.4) is 0 Å². The Morgan fingerprint density at radius 2 is 1.03 bits per heavy atom. The first-order valence-electron chi connectivity index (χ1n) is 12.0. The minimum absolute atomic E-state index is 0. The van der Waals surface area contributed by atoms with Gasteiger partial charge in [-0.25, -0.2) is 0 Å². The molecule has 0 aliphatic heterocycles. The second kappa shape index (κ2) is 15.5. The summed E-state index contributed by atoms with van der Waals surface area (Å²) in [6.45, 7) is 7.89. The monoisotopic (exact) mass is 565 g/mol. The number of nitrogens with one attached hydrogen (secondary N) is 3. The Bertz CT molecular complexity index is 1170. The zero-order chi connectivity index (χ0) is 23.9. The van der Waals surface area contributed by atoms with E-state index in [1.165, 1.54) is 0 Å². The predicted molar refractivity (Wildman–Crippen MR) is 167 cm³/mol. The Morgan fingerprint density at radius 1 is 0.595 bits per heavy atom. The van der Waals surface area contributed by atoms with Gasteiger partial charge < -0.3 is 27.4 Å². The highest BCUT2D eigenvalue weighted by Gasteiger charge is 2.05. The van der Waals surface area contributed by atoms with Gasteiger partial charge >= 0.3 is 0 Å². The molecule has 0 bridgehead atoms. The van der Waals surface area contributed by atoms with Crippen LogP contribution in [0.25, 0.3) is 21.8 Å². The maximum atomic E-state index is 5.91. The Kier molecular flexibility index (Phi) is 13.6. The van der Waals surface area contributed by atoms with Gasteiger partial charge in [0, 0.05) is 58.0 Å². The number of benzene rings is 2. The van der Waals surface area contributed by atoms with Crippen LogP contribution in [0, 0.1) is 13.8 Å². The maximum absolute atomic E-state index is 5.91. The molecule has 0 amide bonds. The molecule has 0 aliphatic rings. The summed E-state index contributed by atoms with van der Waals surface area (Å²) in [5.74, 6) is 0. The Hall–Kier alpha value is -2.71. The molecule has 0 saturated heterocycles. The van der Waals surface area contributed by atoms with E-state index in [2.05, 4.69) is 38.1 Å². The average molecular weight is 567 g/mol. The largest absolute Gasteiger partial charge is 0.399 e. The second-order valence-corrected chi connectivity index (χ2v) is 8.84. The van der Waals surface area contributed by atoms with Gasteiger partial charge in [-0.05, 0) is 94.7 Å². The van der Waals surface area contributed by atoms with Gasteiger partial charge in [-0.1, -0.05) is 0 Å². The van der Waals surface area contributed by atoms with E-state index in [4.69, 9.17) is 11.5 Å². The van der Waals surface area contributed by atoms with Crippen LogP contribution in [0.2, 0.25) is 0 Å². The fourth-order valence-corrected chi connectivity index (χ4v) is 4.21. The summed E-state index contributed by atoms with van der Waals surface area (Å²) < 4.78 is 0. The van der Waals surface area contributed by atoms with Gasteiger partial charge in [0.2, 0.25) is 0 Å². The molecule has 4 aromatic rings. The first-order valence-corrected chi connectivity index (χ1v) is 12.0. The quantitative estimate of drug-likeness (QED) is 0.110. The summed E-state index contributed by atoms with van der Waals surface area (Å²) in [6.07, 6.45) is 3.29. The van der Waals surface area contributed by atoms with Gasteiger partial charge in [-0.3, -0.25) is 9.97 Å². The third-order valence-corrected chi connectivity index (χ3v) is 5.87. The van der Waals surface area contributed by atoms with Gasteiger partial charge in [-0.2, -0.15) is 0 Å². The number of hydrogen-bond donors (Lipinski definition) is 5. The lowest BCUT2D eigenvalue weighted by molar-refractivity contribution is 0.619. The van der Waals surface area contributed by atoms with Crippen LogP contribution in [0.1, 0.15) is 30.7 Å². The van der Waals surface area contributed by atoms with E-state index >= 15 is 0 Å². The van der Waals surface area contributed by atoms with Crippen molar-refractivity contribution in [1.82, 2.24) is 15.3 Å². The third kappa shape index (κ3) is 8.97. The lowest BCUT2D eigenvalue weighted by Gasteiger charge is -2.12. The molecule has 37 heavy (non-hydrogen) atoms. The molecule has 0 atom stereocenters. The number of anilines is 4. The minimum Gasteiger partial charge on any atom is -0.399 e. The van der Waals surface area contributed by atoms with E-state index in [-0.39, 0.29) is 37.2 Å². The summed E-state index contributed by atoms with van der Waals surface area (Å²) >= 11 is 0. The predicted octanol–water partition coefficient (Wildman–Crippen LogP) is 6.11. The SMILES string of the molecule is Cc1cc(NCCCCNCCCNc2cc(C)nc3cc(N)ccc23)c2ccc(N)cc2n1.Cl.Cl.Cl. The minimum atomic E-state index is 0. The van der Waals surface area contributed by atoms with Gasteiger partial charge in [0.05, 0.1) is 11.0 Å². The Balaban J connectivity index is 0.00000228. The molecule has 2 aromatic heterocycles. The molecule has 0 fully saturated rings. The lowest BCUT2D eigenvalue weighted by Crippen LogP contribution is -2.20. The molecule has 202 valence electrons. The van der Waals surface area contributed by atoms with Crippen LogP contribution in [-0.2, 0) is 0 Å². The number of pyridine rings is 2. The molecule has 0 spiro atoms. The van der Waals surface area contributed by atoms with E-state index < -0.39 is 0 Å². The molecule has 0 unspecified atom stereocenters. The zero-order valence-electron chi connectivity index (χ0n) is 21.3. The molecule has 7 N–H and O–H groups in total. The number of aromatic nitrogens is 2. The van der Waals surface area contributed by atoms with Crippen molar-refractivity contribution in [3.05, 3.63) is 59.9 Å². The van der Waals surface area contributed by atoms with Crippen molar-refractivity contribution in [3.63, 3.8) is 0 Å². The molecule has 0 saturated carbocycles. The van der Waals surface area contributed by atoms with Crippen LogP contribution in [0.4, 0.5) is 22.7 Å². The second-order valence-electron chi connectivity index (χ2n) is 8.84. The standard InChI is InChI=1S/C27H35N7.3ClH/c1-18-14-24(22-8-6-20(28)16-26(22)33-18)31-12-4-3-10-30-11-5-13-32-25-15-19(2)34-27-17-21(29)7-9-23(25)27;;;/h6-9,14-17,30H,3-5,10-13,28-29H2,1-2H3,(H,31,33)(H,32,34);3*1H. The average Bonchev–Trinajstić information content (AvgIpc) is 2.79. The molecule has 0 aliphatic carbocycles. The van der Waals surface area contributed by atoms with E-state index in [0.717, 1.165) is 101 Å². The number of nitrogen functional groups attached to an aromatic ring is 2. The topological polar surface area (TPSA) is 114 Å². The van der Waals surface area contributed by atoms with Crippen molar-refractivity contribution in [3.8, 4) is 0 Å². The summed E-state index contributed by atoms with van der Waals surface area (Å²) in [7, 11) is 0. The smallest absolute Gasteiger partial charge is 0.0746 e. The highest BCUT2D eigenvalue weighted by Crippen LogP contribution is 2.26. The fraction of sp³-hybridized carbons (Fsp3) is 0.333. The van der Waals surface area contributed by atoms with Crippen LogP contribution in [0.15, 0.2) is 48.5 Å². The Morgan fingerprint density at radius 3 is 1.54 bits per heavy atom. The van der Waals surface area contributed by atoms with Crippen molar-refractivity contribution in [1.29, 1.82) is 0 Å². The van der Waals surface area contributed by atoms with Gasteiger partial charge in [0.25, 0.3) is 0 Å². The number of rotatable bonds is 11. The molecule has 2 aromatic carbocycles. The summed E-state index contributed by atoms with van der Waals surface area (Å²) in [5.41, 5.74) is 19.4. The van der Waals surface area contributed by atoms with Crippen molar-refractivity contribution < 1.29 is 0 Å². The van der Waals surface area contributed by atoms with E-state index in [0.29, 0.717) is 0 Å². The lowest BCUT2D eigenvalue weighted by atomic mass is 10.1. The molecule has 0 radical (unpaired) electrons. The summed E-state index contributed by atoms with van der Waals surface area (Å²) in [4.78, 5) is 9.18. The highest BCUT2D eigenvalue weighted by atomic mass is 35.5. The molecular weight excluding hydrogens is 529 g/mol. The zero-order valence-corrected chi connectivity index (χ0v) is 23.8. The number of unbranched alkanes of at least 4 members (excludes halogenated alkanes) is 1. The van der Waals surface area contributed by atoms with Crippen molar-refractivity contribution in [2.75, 3.05) is 48.3 Å². The summed E-state index contributed by atoms with van der Waals surface area (Å²) in [6, 6.07) is 16.0. The van der Waals surface area contributed by atoms with Crippen LogP contribution in [-0.4, -0.2) is 36.1 Å². The van der Waals surface area contributed by atoms with Gasteiger partial charge in [0.1, 0.15) is 0 Å². The Labute approximate surface area is 237 Å². The van der Waals surface area contributed by atoms with Crippen LogP contribution in [0.5, 0.6) is 0 Å². The van der Waals surface area contributed by atoms with Crippen molar-refractivity contribution >= 4 is 81.8 Å². The van der Waals surface area contributed by atoms with E-state index in [9.17, 15) is 0 Å². The van der Waals surface area contributed by atoms with Crippen LogP contribution >= 0.6 is 37.2 Å².